The molecule has 2 rings (SSSR count). The molecule has 1 atom stereocenters. The van der Waals surface area contributed by atoms with Gasteiger partial charge in [-0.05, 0) is 31.9 Å². The number of aromatic nitrogens is 2. The van der Waals surface area contributed by atoms with Crippen LogP contribution in [-0.4, -0.2) is 35.4 Å². The molecule has 1 unspecified atom stereocenters. The Bertz CT molecular complexity index is 639. The number of aliphatic imine (C=N–C) groups is 1. The lowest BCUT2D eigenvalue weighted by molar-refractivity contribution is 0.336. The predicted octanol–water partition coefficient (Wildman–Crippen LogP) is 2.67. The maximum absolute atomic E-state index is 5.67. The zero-order chi connectivity index (χ0) is 17.9. The lowest BCUT2D eigenvalue weighted by Gasteiger charge is -2.16. The summed E-state index contributed by atoms with van der Waals surface area (Å²) in [6.45, 7) is 10.0. The first-order chi connectivity index (χ1) is 12.2. The molecule has 2 N–H and O–H groups in total. The van der Waals surface area contributed by atoms with E-state index in [1.165, 1.54) is 0 Å². The molecule has 0 bridgehead atoms. The van der Waals surface area contributed by atoms with Gasteiger partial charge in [-0.2, -0.15) is 5.10 Å². The van der Waals surface area contributed by atoms with Crippen molar-refractivity contribution in [2.24, 2.45) is 10.9 Å². The van der Waals surface area contributed by atoms with Gasteiger partial charge >= 0.3 is 0 Å². The molecule has 0 radical (unpaired) electrons. The first-order valence-electron chi connectivity index (χ1n) is 8.93. The van der Waals surface area contributed by atoms with E-state index in [0.29, 0.717) is 19.1 Å². The summed E-state index contributed by atoms with van der Waals surface area (Å²) in [5.41, 5.74) is 1.09. The molecule has 6 nitrogen and oxygen atoms in total. The van der Waals surface area contributed by atoms with E-state index >= 15 is 0 Å². The van der Waals surface area contributed by atoms with Crippen molar-refractivity contribution in [1.29, 1.82) is 0 Å². The van der Waals surface area contributed by atoms with Crippen molar-refractivity contribution >= 4 is 5.96 Å². The van der Waals surface area contributed by atoms with Crippen LogP contribution in [0.25, 0.3) is 0 Å². The van der Waals surface area contributed by atoms with Gasteiger partial charge in [0, 0.05) is 37.6 Å². The molecule has 0 fully saturated rings. The van der Waals surface area contributed by atoms with Gasteiger partial charge in [0.25, 0.3) is 0 Å². The number of ether oxygens (including phenoxy) is 1. The lowest BCUT2D eigenvalue weighted by Crippen LogP contribution is -2.40. The number of nitrogens with one attached hydrogen (secondary N) is 2. The van der Waals surface area contributed by atoms with Crippen molar-refractivity contribution in [2.45, 2.75) is 33.9 Å². The Hall–Kier alpha value is -2.50. The van der Waals surface area contributed by atoms with E-state index in [9.17, 15) is 0 Å². The standard InChI is InChI=1S/C19H29N5O/c1-4-20-19(21-13-16(3)15-24-12-8-11-23-24)22-14-17-9-6-7-10-18(17)25-5-2/h6-12,16H,4-5,13-15H2,1-3H3,(H2,20,21,22). The normalized spacial score (nSPS) is 12.7. The fourth-order valence-electron chi connectivity index (χ4n) is 2.50. The molecule has 25 heavy (non-hydrogen) atoms. The summed E-state index contributed by atoms with van der Waals surface area (Å²) >= 11 is 0. The number of guanidine groups is 1. The van der Waals surface area contributed by atoms with Crippen LogP contribution in [0.15, 0.2) is 47.7 Å². The van der Waals surface area contributed by atoms with E-state index in [1.54, 1.807) is 0 Å². The van der Waals surface area contributed by atoms with Gasteiger partial charge in [0.05, 0.1) is 13.2 Å². The fraction of sp³-hybridized carbons (Fsp3) is 0.474. The molecule has 0 aliphatic carbocycles. The number of nitrogens with zero attached hydrogens (tertiary/aromatic N) is 3. The highest BCUT2D eigenvalue weighted by atomic mass is 16.5. The Kier molecular flexibility index (Phi) is 7.82. The third kappa shape index (κ3) is 6.49. The quantitative estimate of drug-likeness (QED) is 0.543. The fourth-order valence-corrected chi connectivity index (χ4v) is 2.50. The Balaban J connectivity index is 1.91. The molecule has 0 aliphatic rings. The first kappa shape index (κ1) is 18.8. The average Bonchev–Trinajstić information content (AvgIpc) is 3.11. The lowest BCUT2D eigenvalue weighted by atomic mass is 10.2. The summed E-state index contributed by atoms with van der Waals surface area (Å²) in [6.07, 6.45) is 3.79. The van der Waals surface area contributed by atoms with Gasteiger partial charge in [-0.25, -0.2) is 4.99 Å². The third-order valence-electron chi connectivity index (χ3n) is 3.70. The molecule has 0 saturated heterocycles. The molecule has 0 saturated carbocycles. The second kappa shape index (κ2) is 10.4. The van der Waals surface area contributed by atoms with Crippen LogP contribution < -0.4 is 15.4 Å². The summed E-state index contributed by atoms with van der Waals surface area (Å²) in [6, 6.07) is 9.99. The maximum atomic E-state index is 5.67. The molecule has 1 heterocycles. The topological polar surface area (TPSA) is 63.5 Å². The van der Waals surface area contributed by atoms with Gasteiger partial charge in [-0.15, -0.1) is 0 Å². The third-order valence-corrected chi connectivity index (χ3v) is 3.70. The summed E-state index contributed by atoms with van der Waals surface area (Å²) < 4.78 is 7.62. The van der Waals surface area contributed by atoms with Gasteiger partial charge in [-0.3, -0.25) is 4.68 Å². The highest BCUT2D eigenvalue weighted by molar-refractivity contribution is 5.79. The number of rotatable bonds is 9. The van der Waals surface area contributed by atoms with E-state index in [1.807, 2.05) is 48.3 Å². The molecule has 0 aliphatic heterocycles. The van der Waals surface area contributed by atoms with Crippen LogP contribution >= 0.6 is 0 Å². The number of hydrogen-bond donors (Lipinski definition) is 2. The smallest absolute Gasteiger partial charge is 0.191 e. The van der Waals surface area contributed by atoms with Crippen LogP contribution in [-0.2, 0) is 13.1 Å². The van der Waals surface area contributed by atoms with Crippen molar-refractivity contribution in [3.63, 3.8) is 0 Å². The zero-order valence-corrected chi connectivity index (χ0v) is 15.4. The molecule has 1 aromatic carbocycles. The molecule has 1 aromatic heterocycles. The van der Waals surface area contributed by atoms with E-state index in [-0.39, 0.29) is 0 Å². The highest BCUT2D eigenvalue weighted by Crippen LogP contribution is 2.18. The van der Waals surface area contributed by atoms with Crippen molar-refractivity contribution in [3.8, 4) is 5.75 Å². The van der Waals surface area contributed by atoms with Crippen LogP contribution in [0, 0.1) is 5.92 Å². The highest BCUT2D eigenvalue weighted by Gasteiger charge is 2.06. The number of benzene rings is 1. The largest absolute Gasteiger partial charge is 0.494 e. The van der Waals surface area contributed by atoms with Gasteiger partial charge in [0.15, 0.2) is 5.96 Å². The minimum absolute atomic E-state index is 0.444. The second-order valence-electron chi connectivity index (χ2n) is 5.95. The molecular formula is C19H29N5O. The van der Waals surface area contributed by atoms with Crippen molar-refractivity contribution < 1.29 is 4.74 Å². The van der Waals surface area contributed by atoms with E-state index in [0.717, 1.165) is 36.9 Å². The van der Waals surface area contributed by atoms with E-state index < -0.39 is 0 Å². The summed E-state index contributed by atoms with van der Waals surface area (Å²) in [4.78, 5) is 4.69. The van der Waals surface area contributed by atoms with Gasteiger partial charge < -0.3 is 15.4 Å². The summed E-state index contributed by atoms with van der Waals surface area (Å²) in [5.74, 6) is 2.16. The number of para-hydroxylation sites is 1. The molecule has 0 amide bonds. The van der Waals surface area contributed by atoms with Gasteiger partial charge in [-0.1, -0.05) is 25.1 Å². The Labute approximate surface area is 150 Å². The minimum atomic E-state index is 0.444. The molecular weight excluding hydrogens is 314 g/mol. The first-order valence-corrected chi connectivity index (χ1v) is 8.93. The molecule has 2 aromatic rings. The van der Waals surface area contributed by atoms with Crippen LogP contribution in [0.2, 0.25) is 0 Å². The second-order valence-corrected chi connectivity index (χ2v) is 5.95. The van der Waals surface area contributed by atoms with Crippen LogP contribution in [0.5, 0.6) is 5.75 Å². The van der Waals surface area contributed by atoms with Gasteiger partial charge in [0.1, 0.15) is 5.75 Å². The van der Waals surface area contributed by atoms with E-state index in [2.05, 4.69) is 40.6 Å². The van der Waals surface area contributed by atoms with Crippen LogP contribution in [0.1, 0.15) is 26.3 Å². The van der Waals surface area contributed by atoms with Crippen LogP contribution in [0.3, 0.4) is 0 Å². The molecule has 136 valence electrons. The molecule has 6 heteroatoms. The molecule has 0 spiro atoms. The van der Waals surface area contributed by atoms with Crippen LogP contribution in [0.4, 0.5) is 0 Å². The SMILES string of the molecule is CCNC(=NCc1ccccc1OCC)NCC(C)Cn1cccn1. The van der Waals surface area contributed by atoms with E-state index in [4.69, 9.17) is 4.74 Å². The zero-order valence-electron chi connectivity index (χ0n) is 15.4. The minimum Gasteiger partial charge on any atom is -0.494 e. The summed E-state index contributed by atoms with van der Waals surface area (Å²) in [7, 11) is 0. The Morgan fingerprint density at radius 1 is 1.24 bits per heavy atom. The van der Waals surface area contributed by atoms with Crippen molar-refractivity contribution in [3.05, 3.63) is 48.3 Å². The monoisotopic (exact) mass is 343 g/mol. The average molecular weight is 343 g/mol. The Morgan fingerprint density at radius 2 is 2.08 bits per heavy atom. The Morgan fingerprint density at radius 3 is 2.80 bits per heavy atom. The van der Waals surface area contributed by atoms with Crippen molar-refractivity contribution in [2.75, 3.05) is 19.7 Å². The number of hydrogen-bond acceptors (Lipinski definition) is 3. The maximum Gasteiger partial charge on any atom is 0.191 e. The predicted molar refractivity (Wildman–Crippen MR) is 102 cm³/mol. The van der Waals surface area contributed by atoms with Crippen molar-refractivity contribution in [1.82, 2.24) is 20.4 Å². The van der Waals surface area contributed by atoms with Gasteiger partial charge in [0.2, 0.25) is 0 Å². The summed E-state index contributed by atoms with van der Waals surface area (Å²) in [5, 5.41) is 11.0.